The number of halogens is 1. The van der Waals surface area contributed by atoms with E-state index in [1.165, 1.54) is 7.11 Å². The average molecular weight is 423 g/mol. The molecule has 0 aliphatic heterocycles. The van der Waals surface area contributed by atoms with Crippen molar-refractivity contribution in [3.05, 3.63) is 41.3 Å². The number of nitrogens with two attached hydrogens (primary N) is 1. The molecule has 4 atom stereocenters. The number of ether oxygens (including phenoxy) is 1. The first-order valence-corrected chi connectivity index (χ1v) is 10.6. The molecule has 2 amide bonds. The van der Waals surface area contributed by atoms with Gasteiger partial charge in [-0.2, -0.15) is 0 Å². The van der Waals surface area contributed by atoms with Crippen molar-refractivity contribution in [3.63, 3.8) is 0 Å². The normalized spacial score (nSPS) is 21.3. The summed E-state index contributed by atoms with van der Waals surface area (Å²) in [5.74, 6) is 0.169. The minimum absolute atomic E-state index is 0.0453. The molecule has 7 heteroatoms. The van der Waals surface area contributed by atoms with Gasteiger partial charge in [0.1, 0.15) is 6.04 Å². The summed E-state index contributed by atoms with van der Waals surface area (Å²) in [6.07, 6.45) is 6.06. The highest BCUT2D eigenvalue weighted by Crippen LogP contribution is 2.23. The van der Waals surface area contributed by atoms with E-state index < -0.39 is 6.04 Å². The molecule has 1 fully saturated rings. The zero-order valence-electron chi connectivity index (χ0n) is 17.6. The first kappa shape index (κ1) is 23.6. The van der Waals surface area contributed by atoms with E-state index in [9.17, 15) is 9.59 Å². The summed E-state index contributed by atoms with van der Waals surface area (Å²) in [6.45, 7) is 2.31. The van der Waals surface area contributed by atoms with Crippen LogP contribution in [0, 0.1) is 12.3 Å². The molecule has 0 aromatic heterocycles. The Morgan fingerprint density at radius 3 is 2.66 bits per heavy atom. The lowest BCUT2D eigenvalue weighted by Gasteiger charge is -2.32. The van der Waals surface area contributed by atoms with Crippen molar-refractivity contribution >= 4 is 23.4 Å². The van der Waals surface area contributed by atoms with Crippen LogP contribution in [-0.2, 0) is 20.7 Å². The van der Waals surface area contributed by atoms with Gasteiger partial charge in [0.2, 0.25) is 11.8 Å². The van der Waals surface area contributed by atoms with Gasteiger partial charge in [0, 0.05) is 37.7 Å². The number of hydrogen-bond acceptors (Lipinski definition) is 4. The fourth-order valence-electron chi connectivity index (χ4n) is 3.72. The molecule has 29 heavy (non-hydrogen) atoms. The predicted molar refractivity (Wildman–Crippen MR) is 115 cm³/mol. The molecule has 1 aliphatic carbocycles. The highest BCUT2D eigenvalue weighted by molar-refractivity contribution is 6.30. The van der Waals surface area contributed by atoms with Gasteiger partial charge in [-0.3, -0.25) is 9.59 Å². The molecule has 1 aromatic carbocycles. The minimum atomic E-state index is -0.756. The first-order chi connectivity index (χ1) is 13.8. The monoisotopic (exact) mass is 422 g/mol. The maximum absolute atomic E-state index is 12.8. The Morgan fingerprint density at radius 2 is 2.03 bits per heavy atom. The number of rotatable bonds is 9. The van der Waals surface area contributed by atoms with Crippen molar-refractivity contribution in [1.82, 2.24) is 10.2 Å². The Morgan fingerprint density at radius 1 is 1.34 bits per heavy atom. The number of benzene rings is 1. The van der Waals surface area contributed by atoms with Crippen LogP contribution in [0.25, 0.3) is 0 Å². The second kappa shape index (κ2) is 11.5. The van der Waals surface area contributed by atoms with Crippen LogP contribution < -0.4 is 11.1 Å². The molecule has 3 N–H and O–H groups in total. The molecule has 2 rings (SSSR count). The van der Waals surface area contributed by atoms with Crippen LogP contribution in [-0.4, -0.2) is 55.6 Å². The summed E-state index contributed by atoms with van der Waals surface area (Å²) in [5.41, 5.74) is 6.95. The summed E-state index contributed by atoms with van der Waals surface area (Å²) >= 11 is 5.98. The lowest BCUT2D eigenvalue weighted by atomic mass is 9.86. The zero-order chi connectivity index (χ0) is 21.4. The van der Waals surface area contributed by atoms with E-state index in [-0.39, 0.29) is 36.9 Å². The van der Waals surface area contributed by atoms with Crippen LogP contribution in [0.3, 0.4) is 0 Å². The molecule has 161 valence electrons. The summed E-state index contributed by atoms with van der Waals surface area (Å²) in [6, 6.07) is 6.54. The molecular formula is C22H33ClN3O3. The third kappa shape index (κ3) is 7.28. The van der Waals surface area contributed by atoms with Crippen molar-refractivity contribution in [2.45, 2.75) is 57.2 Å². The van der Waals surface area contributed by atoms with Crippen molar-refractivity contribution in [2.24, 2.45) is 11.7 Å². The van der Waals surface area contributed by atoms with Crippen molar-refractivity contribution in [2.75, 3.05) is 20.8 Å². The Hall–Kier alpha value is -1.63. The largest absolute Gasteiger partial charge is 0.383 e. The van der Waals surface area contributed by atoms with Gasteiger partial charge in [-0.1, -0.05) is 30.7 Å². The summed E-state index contributed by atoms with van der Waals surface area (Å²) in [4.78, 5) is 27.1. The molecule has 0 unspecified atom stereocenters. The van der Waals surface area contributed by atoms with E-state index in [0.717, 1.165) is 24.8 Å². The SMILES string of the molecule is COC[C@H](N)C(=O)N(C)[C@H](CC(=O)N[C@H]1C[CH]CC[C@H]1C)Cc1ccc(Cl)cc1. The van der Waals surface area contributed by atoms with Crippen LogP contribution in [0.1, 0.15) is 38.2 Å². The van der Waals surface area contributed by atoms with Crippen LogP contribution in [0.4, 0.5) is 0 Å². The predicted octanol–water partition coefficient (Wildman–Crippen LogP) is 2.58. The summed E-state index contributed by atoms with van der Waals surface area (Å²) in [5, 5.41) is 3.81. The maximum atomic E-state index is 12.8. The molecule has 0 spiro atoms. The van der Waals surface area contributed by atoms with Gasteiger partial charge in [0.25, 0.3) is 0 Å². The van der Waals surface area contributed by atoms with Gasteiger partial charge in [-0.25, -0.2) is 0 Å². The van der Waals surface area contributed by atoms with E-state index in [2.05, 4.69) is 18.7 Å². The quantitative estimate of drug-likeness (QED) is 0.640. The summed E-state index contributed by atoms with van der Waals surface area (Å²) in [7, 11) is 3.21. The van der Waals surface area contributed by atoms with Crippen molar-refractivity contribution < 1.29 is 14.3 Å². The Bertz CT molecular complexity index is 668. The molecule has 6 nitrogen and oxygen atoms in total. The molecule has 0 bridgehead atoms. The molecule has 0 heterocycles. The van der Waals surface area contributed by atoms with Gasteiger partial charge in [-0.05, 0) is 55.7 Å². The average Bonchev–Trinajstić information content (AvgIpc) is 2.70. The Balaban J connectivity index is 2.09. The second-order valence-corrected chi connectivity index (χ2v) is 8.39. The lowest BCUT2D eigenvalue weighted by Crippen LogP contribution is -2.51. The first-order valence-electron chi connectivity index (χ1n) is 10.2. The highest BCUT2D eigenvalue weighted by Gasteiger charge is 2.29. The highest BCUT2D eigenvalue weighted by atomic mass is 35.5. The number of amides is 2. The zero-order valence-corrected chi connectivity index (χ0v) is 18.3. The molecule has 1 aromatic rings. The third-order valence-electron chi connectivity index (χ3n) is 5.64. The van der Waals surface area contributed by atoms with Crippen molar-refractivity contribution in [3.8, 4) is 0 Å². The van der Waals surface area contributed by atoms with Crippen LogP contribution >= 0.6 is 11.6 Å². The van der Waals surface area contributed by atoms with Gasteiger partial charge in [0.15, 0.2) is 0 Å². The van der Waals surface area contributed by atoms with Crippen LogP contribution in [0.15, 0.2) is 24.3 Å². The Labute approximate surface area is 179 Å². The number of carbonyl (C=O) groups excluding carboxylic acids is 2. The fourth-order valence-corrected chi connectivity index (χ4v) is 3.85. The molecule has 1 radical (unpaired) electrons. The smallest absolute Gasteiger partial charge is 0.241 e. The number of hydrogen-bond donors (Lipinski definition) is 2. The number of likely N-dealkylation sites (N-methyl/N-ethyl adjacent to an activating group) is 1. The van der Waals surface area contributed by atoms with Crippen LogP contribution in [0.2, 0.25) is 5.02 Å². The Kier molecular flexibility index (Phi) is 9.40. The standard InChI is InChI=1S/C22H33ClN3O3/c1-15-6-4-5-7-20(15)25-21(27)13-18(12-16-8-10-17(23)11-9-16)26(2)22(28)19(24)14-29-3/h5,8-11,15,18-20H,4,6-7,12-14,24H2,1-3H3,(H,25,27)/t15-,18+,19+,20+/m1/s1. The second-order valence-electron chi connectivity index (χ2n) is 7.95. The number of nitrogens with zero attached hydrogens (tertiary/aromatic N) is 1. The summed E-state index contributed by atoms with van der Waals surface area (Å²) < 4.78 is 5.01. The van der Waals surface area contributed by atoms with Gasteiger partial charge < -0.3 is 20.7 Å². The number of carbonyl (C=O) groups is 2. The van der Waals surface area contributed by atoms with Gasteiger partial charge in [-0.15, -0.1) is 0 Å². The van der Waals surface area contributed by atoms with E-state index in [1.54, 1.807) is 11.9 Å². The minimum Gasteiger partial charge on any atom is -0.383 e. The molecule has 0 saturated heterocycles. The topological polar surface area (TPSA) is 84.7 Å². The third-order valence-corrected chi connectivity index (χ3v) is 5.90. The molecule has 1 saturated carbocycles. The number of nitrogens with one attached hydrogen (secondary N) is 1. The lowest BCUT2D eigenvalue weighted by molar-refractivity contribution is -0.135. The molecule has 1 aliphatic rings. The fraction of sp³-hybridized carbons (Fsp3) is 0.591. The van der Waals surface area contributed by atoms with Crippen molar-refractivity contribution in [1.29, 1.82) is 0 Å². The van der Waals surface area contributed by atoms with E-state index in [1.807, 2.05) is 24.3 Å². The number of methoxy groups -OCH3 is 1. The van der Waals surface area contributed by atoms with E-state index in [4.69, 9.17) is 22.1 Å². The van der Waals surface area contributed by atoms with Gasteiger partial charge >= 0.3 is 0 Å². The van der Waals surface area contributed by atoms with Crippen LogP contribution in [0.5, 0.6) is 0 Å². The van der Waals surface area contributed by atoms with E-state index in [0.29, 0.717) is 17.4 Å². The molecular weight excluding hydrogens is 390 g/mol. The maximum Gasteiger partial charge on any atom is 0.241 e. The van der Waals surface area contributed by atoms with Gasteiger partial charge in [0.05, 0.1) is 6.61 Å². The van der Waals surface area contributed by atoms with E-state index >= 15 is 0 Å².